The van der Waals surface area contributed by atoms with Gasteiger partial charge < -0.3 is 4.90 Å². The van der Waals surface area contributed by atoms with Crippen LogP contribution < -0.4 is 0 Å². The Kier molecular flexibility index (Phi) is 4.37. The average Bonchev–Trinajstić information content (AvgIpc) is 2.74. The smallest absolute Gasteiger partial charge is 0.256 e. The van der Waals surface area contributed by atoms with Gasteiger partial charge in [-0.1, -0.05) is 6.07 Å². The number of rotatable bonds is 3. The summed E-state index contributed by atoms with van der Waals surface area (Å²) in [6.45, 7) is 2.26. The summed E-state index contributed by atoms with van der Waals surface area (Å²) in [7, 11) is 1.67. The number of nitrogens with zero attached hydrogens (tertiary/aromatic N) is 1. The first-order valence-electron chi connectivity index (χ1n) is 5.72. The third-order valence-electron chi connectivity index (χ3n) is 2.74. The van der Waals surface area contributed by atoms with Crippen LogP contribution >= 0.6 is 27.3 Å². The molecular formula is C14H13BrFNOS. The van der Waals surface area contributed by atoms with Crippen molar-refractivity contribution in [2.75, 3.05) is 7.05 Å². The highest BCUT2D eigenvalue weighted by Crippen LogP contribution is 2.22. The molecule has 0 aliphatic heterocycles. The van der Waals surface area contributed by atoms with E-state index in [2.05, 4.69) is 15.9 Å². The Morgan fingerprint density at radius 2 is 2.16 bits per heavy atom. The minimum absolute atomic E-state index is 0.113. The number of carbonyl (C=O) groups excluding carboxylic acids is 1. The number of halogens is 2. The minimum atomic E-state index is -0.469. The van der Waals surface area contributed by atoms with E-state index in [1.165, 1.54) is 17.0 Å². The van der Waals surface area contributed by atoms with Gasteiger partial charge >= 0.3 is 0 Å². The van der Waals surface area contributed by atoms with Crippen molar-refractivity contribution >= 4 is 33.2 Å². The average molecular weight is 342 g/mol. The van der Waals surface area contributed by atoms with Crippen molar-refractivity contribution in [2.24, 2.45) is 0 Å². The van der Waals surface area contributed by atoms with Crippen molar-refractivity contribution < 1.29 is 9.18 Å². The van der Waals surface area contributed by atoms with Crippen LogP contribution in [0.5, 0.6) is 0 Å². The zero-order chi connectivity index (χ0) is 14.0. The monoisotopic (exact) mass is 341 g/mol. The summed E-state index contributed by atoms with van der Waals surface area (Å²) in [5, 5.41) is 1.97. The van der Waals surface area contributed by atoms with Crippen molar-refractivity contribution in [3.05, 3.63) is 55.9 Å². The van der Waals surface area contributed by atoms with E-state index >= 15 is 0 Å². The number of hydrogen-bond acceptors (Lipinski definition) is 2. The van der Waals surface area contributed by atoms with E-state index in [0.29, 0.717) is 6.54 Å². The molecule has 2 rings (SSSR count). The van der Waals surface area contributed by atoms with E-state index in [4.69, 9.17) is 0 Å². The lowest BCUT2D eigenvalue weighted by Gasteiger charge is -2.17. The molecule has 2 aromatic rings. The molecule has 5 heteroatoms. The predicted molar refractivity (Wildman–Crippen MR) is 79.0 cm³/mol. The second-order valence-electron chi connectivity index (χ2n) is 4.40. The van der Waals surface area contributed by atoms with E-state index < -0.39 is 5.82 Å². The largest absolute Gasteiger partial charge is 0.337 e. The summed E-state index contributed by atoms with van der Waals surface area (Å²) in [5.74, 6) is -0.775. The lowest BCUT2D eigenvalue weighted by atomic mass is 10.1. The van der Waals surface area contributed by atoms with Gasteiger partial charge in [-0.25, -0.2) is 4.39 Å². The van der Waals surface area contributed by atoms with E-state index in [9.17, 15) is 9.18 Å². The Labute approximate surface area is 124 Å². The van der Waals surface area contributed by atoms with Crippen LogP contribution in [0.2, 0.25) is 0 Å². The molecule has 0 radical (unpaired) electrons. The second kappa shape index (κ2) is 5.84. The standard InChI is InChI=1S/C14H13BrFNOS/c1-9-3-4-11(12(16)5-9)14(18)17(2)7-10-6-13(15)19-8-10/h3-6,8H,7H2,1-2H3. The molecule has 0 unspecified atom stereocenters. The number of amides is 1. The zero-order valence-electron chi connectivity index (χ0n) is 10.6. The number of aryl methyl sites for hydroxylation is 1. The Balaban J connectivity index is 2.14. The van der Waals surface area contributed by atoms with Crippen LogP contribution in [0.25, 0.3) is 0 Å². The molecule has 0 aliphatic carbocycles. The van der Waals surface area contributed by atoms with Gasteiger partial charge in [0.25, 0.3) is 5.91 Å². The van der Waals surface area contributed by atoms with Gasteiger partial charge in [0.15, 0.2) is 0 Å². The van der Waals surface area contributed by atoms with Crippen molar-refractivity contribution in [1.82, 2.24) is 4.90 Å². The molecule has 1 heterocycles. The highest BCUT2D eigenvalue weighted by atomic mass is 79.9. The molecule has 19 heavy (non-hydrogen) atoms. The summed E-state index contributed by atoms with van der Waals surface area (Å²) < 4.78 is 14.8. The van der Waals surface area contributed by atoms with E-state index in [1.807, 2.05) is 11.4 Å². The van der Waals surface area contributed by atoms with Gasteiger partial charge in [0.2, 0.25) is 0 Å². The SMILES string of the molecule is Cc1ccc(C(=O)N(C)Cc2csc(Br)c2)c(F)c1. The summed E-state index contributed by atoms with van der Waals surface area (Å²) in [5.41, 5.74) is 1.95. The Morgan fingerprint density at radius 3 is 2.74 bits per heavy atom. The normalized spacial score (nSPS) is 10.5. The van der Waals surface area contributed by atoms with Crippen molar-refractivity contribution in [2.45, 2.75) is 13.5 Å². The van der Waals surface area contributed by atoms with Gasteiger partial charge in [-0.3, -0.25) is 4.79 Å². The molecule has 1 amide bonds. The fourth-order valence-electron chi connectivity index (χ4n) is 1.77. The molecule has 1 aromatic heterocycles. The van der Waals surface area contributed by atoms with Gasteiger partial charge in [-0.15, -0.1) is 11.3 Å². The van der Waals surface area contributed by atoms with Crippen LogP contribution in [0, 0.1) is 12.7 Å². The summed E-state index contributed by atoms with van der Waals surface area (Å²) in [6.07, 6.45) is 0. The van der Waals surface area contributed by atoms with E-state index in [0.717, 1.165) is 14.9 Å². The Hall–Kier alpha value is -1.20. The van der Waals surface area contributed by atoms with Crippen LogP contribution in [0.1, 0.15) is 21.5 Å². The molecule has 0 atom stereocenters. The molecule has 2 nitrogen and oxygen atoms in total. The van der Waals surface area contributed by atoms with E-state index in [-0.39, 0.29) is 11.5 Å². The first-order chi connectivity index (χ1) is 8.97. The van der Waals surface area contributed by atoms with Crippen molar-refractivity contribution in [3.8, 4) is 0 Å². The van der Waals surface area contributed by atoms with Gasteiger partial charge in [0.05, 0.1) is 9.35 Å². The maximum atomic E-state index is 13.8. The minimum Gasteiger partial charge on any atom is -0.337 e. The molecule has 0 bridgehead atoms. The molecule has 0 aliphatic rings. The second-order valence-corrected chi connectivity index (χ2v) is 6.69. The zero-order valence-corrected chi connectivity index (χ0v) is 13.0. The molecule has 0 N–H and O–H groups in total. The summed E-state index contributed by atoms with van der Waals surface area (Å²) in [6, 6.07) is 6.61. The fraction of sp³-hybridized carbons (Fsp3) is 0.214. The van der Waals surface area contributed by atoms with Crippen LogP contribution in [0.4, 0.5) is 4.39 Å². The Bertz CT molecular complexity index is 611. The topological polar surface area (TPSA) is 20.3 Å². The maximum absolute atomic E-state index is 13.8. The molecule has 0 spiro atoms. The predicted octanol–water partition coefficient (Wildman–Crippen LogP) is 4.23. The quantitative estimate of drug-likeness (QED) is 0.817. The molecule has 0 fully saturated rings. The summed E-state index contributed by atoms with van der Waals surface area (Å²) >= 11 is 4.94. The maximum Gasteiger partial charge on any atom is 0.256 e. The van der Waals surface area contributed by atoms with Gasteiger partial charge in [0, 0.05) is 13.6 Å². The van der Waals surface area contributed by atoms with Crippen LogP contribution in [0.3, 0.4) is 0 Å². The van der Waals surface area contributed by atoms with Crippen LogP contribution in [-0.4, -0.2) is 17.9 Å². The van der Waals surface area contributed by atoms with Crippen LogP contribution in [0.15, 0.2) is 33.4 Å². The van der Waals surface area contributed by atoms with Crippen molar-refractivity contribution in [3.63, 3.8) is 0 Å². The lowest BCUT2D eigenvalue weighted by molar-refractivity contribution is 0.0780. The third kappa shape index (κ3) is 3.42. The molecule has 1 aromatic carbocycles. The number of thiophene rings is 1. The van der Waals surface area contributed by atoms with Gasteiger partial charge in [-0.05, 0) is 57.6 Å². The van der Waals surface area contributed by atoms with Gasteiger partial charge in [-0.2, -0.15) is 0 Å². The first-order valence-corrected chi connectivity index (χ1v) is 7.39. The Morgan fingerprint density at radius 1 is 1.42 bits per heavy atom. The third-order valence-corrected chi connectivity index (χ3v) is 4.30. The number of benzene rings is 1. The fourth-order valence-corrected chi connectivity index (χ4v) is 2.97. The lowest BCUT2D eigenvalue weighted by Crippen LogP contribution is -2.26. The molecule has 0 saturated carbocycles. The highest BCUT2D eigenvalue weighted by molar-refractivity contribution is 9.11. The van der Waals surface area contributed by atoms with Gasteiger partial charge in [0.1, 0.15) is 5.82 Å². The molecule has 100 valence electrons. The van der Waals surface area contributed by atoms with Crippen molar-refractivity contribution in [1.29, 1.82) is 0 Å². The molecule has 0 saturated heterocycles. The summed E-state index contributed by atoms with van der Waals surface area (Å²) in [4.78, 5) is 13.7. The number of carbonyl (C=O) groups is 1. The van der Waals surface area contributed by atoms with Crippen LogP contribution in [-0.2, 0) is 6.54 Å². The van der Waals surface area contributed by atoms with E-state index in [1.54, 1.807) is 31.4 Å². The number of hydrogen-bond donors (Lipinski definition) is 0. The first kappa shape index (κ1) is 14.2. The highest BCUT2D eigenvalue weighted by Gasteiger charge is 2.16. The molecular weight excluding hydrogens is 329 g/mol.